The van der Waals surface area contributed by atoms with Gasteiger partial charge in [-0.25, -0.2) is 4.98 Å². The number of likely N-dealkylation sites (tertiary alicyclic amines) is 1. The van der Waals surface area contributed by atoms with Crippen LogP contribution >= 0.6 is 11.3 Å². The van der Waals surface area contributed by atoms with Gasteiger partial charge in [0.05, 0.1) is 5.69 Å². The molecular formula is C13H18N4S. The van der Waals surface area contributed by atoms with Crippen LogP contribution in [0.25, 0.3) is 4.96 Å². The van der Waals surface area contributed by atoms with Gasteiger partial charge in [0.15, 0.2) is 4.96 Å². The van der Waals surface area contributed by atoms with Crippen molar-refractivity contribution in [2.24, 2.45) is 11.8 Å². The van der Waals surface area contributed by atoms with Gasteiger partial charge in [0.2, 0.25) is 0 Å². The predicted octanol–water partition coefficient (Wildman–Crippen LogP) is 1.44. The third-order valence-electron chi connectivity index (χ3n) is 4.56. The van der Waals surface area contributed by atoms with E-state index >= 15 is 0 Å². The Kier molecular flexibility index (Phi) is 2.46. The highest BCUT2D eigenvalue weighted by Crippen LogP contribution is 2.33. The summed E-state index contributed by atoms with van der Waals surface area (Å²) in [5.74, 6) is 1.69. The highest BCUT2D eigenvalue weighted by Gasteiger charge is 2.41. The monoisotopic (exact) mass is 262 g/mol. The fourth-order valence-electron chi connectivity index (χ4n) is 3.52. The zero-order chi connectivity index (χ0) is 12.1. The topological polar surface area (TPSA) is 32.6 Å². The zero-order valence-corrected chi connectivity index (χ0v) is 11.4. The van der Waals surface area contributed by atoms with Gasteiger partial charge in [-0.3, -0.25) is 9.30 Å². The van der Waals surface area contributed by atoms with Gasteiger partial charge in [0.25, 0.3) is 0 Å². The van der Waals surface area contributed by atoms with E-state index in [0.717, 1.165) is 23.3 Å². The maximum atomic E-state index is 4.69. The van der Waals surface area contributed by atoms with Crippen LogP contribution < -0.4 is 5.32 Å². The quantitative estimate of drug-likeness (QED) is 0.889. The molecule has 2 fully saturated rings. The van der Waals surface area contributed by atoms with E-state index in [2.05, 4.69) is 44.3 Å². The number of thiazole rings is 1. The minimum atomic E-state index is 0.685. The SMILES string of the molecule is CC1C2CNCC2CN1Cc1cn2ccsc2n1. The summed E-state index contributed by atoms with van der Waals surface area (Å²) < 4.78 is 2.13. The molecule has 0 aliphatic carbocycles. The summed E-state index contributed by atoms with van der Waals surface area (Å²) in [6.45, 7) is 6.99. The number of hydrogen-bond acceptors (Lipinski definition) is 4. The standard InChI is InChI=1S/C13H18N4S/c1-9-12-5-14-4-10(12)6-17(9)8-11-7-16-2-3-18-13(16)15-11/h2-3,7,9-10,12,14H,4-6,8H2,1H3. The molecule has 2 saturated heterocycles. The van der Waals surface area contributed by atoms with Crippen molar-refractivity contribution in [3.8, 4) is 0 Å². The number of rotatable bonds is 2. The van der Waals surface area contributed by atoms with Crippen molar-refractivity contribution >= 4 is 16.3 Å². The Bertz CT molecular complexity index is 532. The summed E-state index contributed by atoms with van der Waals surface area (Å²) >= 11 is 1.71. The van der Waals surface area contributed by atoms with Crippen molar-refractivity contribution in [2.45, 2.75) is 19.5 Å². The second-order valence-electron chi connectivity index (χ2n) is 5.58. The third-order valence-corrected chi connectivity index (χ3v) is 5.34. The molecule has 4 heterocycles. The predicted molar refractivity (Wildman–Crippen MR) is 72.8 cm³/mol. The van der Waals surface area contributed by atoms with Crippen molar-refractivity contribution < 1.29 is 0 Å². The van der Waals surface area contributed by atoms with Gasteiger partial charge < -0.3 is 5.32 Å². The molecule has 0 spiro atoms. The van der Waals surface area contributed by atoms with Gasteiger partial charge in [-0.2, -0.15) is 0 Å². The van der Waals surface area contributed by atoms with E-state index in [-0.39, 0.29) is 0 Å². The van der Waals surface area contributed by atoms with E-state index in [0.29, 0.717) is 6.04 Å². The van der Waals surface area contributed by atoms with Crippen LogP contribution in [0.2, 0.25) is 0 Å². The lowest BCUT2D eigenvalue weighted by Crippen LogP contribution is -2.32. The van der Waals surface area contributed by atoms with Gasteiger partial charge in [-0.1, -0.05) is 0 Å². The van der Waals surface area contributed by atoms with Crippen LogP contribution in [0.1, 0.15) is 12.6 Å². The van der Waals surface area contributed by atoms with E-state index in [9.17, 15) is 0 Å². The molecule has 2 aliphatic heterocycles. The van der Waals surface area contributed by atoms with Crippen LogP contribution in [0.3, 0.4) is 0 Å². The van der Waals surface area contributed by atoms with Crippen LogP contribution in [0.4, 0.5) is 0 Å². The second-order valence-corrected chi connectivity index (χ2v) is 6.45. The Morgan fingerprint density at radius 2 is 2.44 bits per heavy atom. The van der Waals surface area contributed by atoms with E-state index < -0.39 is 0 Å². The highest BCUT2D eigenvalue weighted by molar-refractivity contribution is 7.15. The van der Waals surface area contributed by atoms with E-state index in [4.69, 9.17) is 0 Å². The number of aromatic nitrogens is 2. The molecule has 4 rings (SSSR count). The Balaban J connectivity index is 1.53. The van der Waals surface area contributed by atoms with Crippen LogP contribution in [0.5, 0.6) is 0 Å². The Hall–Kier alpha value is -0.910. The molecule has 4 nitrogen and oxygen atoms in total. The maximum absolute atomic E-state index is 4.69. The Labute approximate surface area is 111 Å². The minimum absolute atomic E-state index is 0.685. The smallest absolute Gasteiger partial charge is 0.193 e. The van der Waals surface area contributed by atoms with Gasteiger partial charge in [-0.15, -0.1) is 11.3 Å². The average Bonchev–Trinajstić information content (AvgIpc) is 3.03. The lowest BCUT2D eigenvalue weighted by Gasteiger charge is -2.23. The molecule has 3 atom stereocenters. The fourth-order valence-corrected chi connectivity index (χ4v) is 4.24. The van der Waals surface area contributed by atoms with E-state index in [1.807, 2.05) is 0 Å². The largest absolute Gasteiger partial charge is 0.316 e. The Morgan fingerprint density at radius 3 is 3.28 bits per heavy atom. The summed E-state index contributed by atoms with van der Waals surface area (Å²) in [6, 6.07) is 0.685. The zero-order valence-electron chi connectivity index (χ0n) is 10.5. The van der Waals surface area contributed by atoms with Gasteiger partial charge >= 0.3 is 0 Å². The molecule has 2 aromatic heterocycles. The first kappa shape index (κ1) is 11.0. The van der Waals surface area contributed by atoms with Crippen LogP contribution in [0.15, 0.2) is 17.8 Å². The Morgan fingerprint density at radius 1 is 1.50 bits per heavy atom. The molecule has 2 aromatic rings. The van der Waals surface area contributed by atoms with E-state index in [1.165, 1.54) is 25.3 Å². The maximum Gasteiger partial charge on any atom is 0.193 e. The first-order chi connectivity index (χ1) is 8.81. The van der Waals surface area contributed by atoms with Gasteiger partial charge in [0, 0.05) is 36.9 Å². The van der Waals surface area contributed by atoms with Crippen molar-refractivity contribution in [3.05, 3.63) is 23.5 Å². The normalized spacial score (nSPS) is 32.4. The van der Waals surface area contributed by atoms with Crippen molar-refractivity contribution in [1.29, 1.82) is 0 Å². The fraction of sp³-hybridized carbons (Fsp3) is 0.615. The van der Waals surface area contributed by atoms with Crippen molar-refractivity contribution in [3.63, 3.8) is 0 Å². The molecule has 5 heteroatoms. The summed E-state index contributed by atoms with van der Waals surface area (Å²) in [6.07, 6.45) is 4.26. The molecule has 0 radical (unpaired) electrons. The highest BCUT2D eigenvalue weighted by atomic mass is 32.1. The van der Waals surface area contributed by atoms with Crippen LogP contribution in [-0.2, 0) is 6.54 Å². The number of nitrogens with zero attached hydrogens (tertiary/aromatic N) is 3. The van der Waals surface area contributed by atoms with Crippen LogP contribution in [0, 0.1) is 11.8 Å². The minimum Gasteiger partial charge on any atom is -0.316 e. The summed E-state index contributed by atoms with van der Waals surface area (Å²) in [5.41, 5.74) is 1.21. The molecule has 1 N–H and O–H groups in total. The van der Waals surface area contributed by atoms with Crippen molar-refractivity contribution in [2.75, 3.05) is 19.6 Å². The molecule has 3 unspecified atom stereocenters. The molecule has 0 aromatic carbocycles. The first-order valence-corrected chi connectivity index (χ1v) is 7.55. The molecule has 2 aliphatic rings. The molecule has 0 bridgehead atoms. The number of hydrogen-bond donors (Lipinski definition) is 1. The lowest BCUT2D eigenvalue weighted by atomic mass is 9.95. The first-order valence-electron chi connectivity index (χ1n) is 6.67. The number of nitrogens with one attached hydrogen (secondary N) is 1. The third kappa shape index (κ3) is 1.61. The molecular weight excluding hydrogens is 244 g/mol. The van der Waals surface area contributed by atoms with Gasteiger partial charge in [-0.05, 0) is 31.8 Å². The molecule has 96 valence electrons. The lowest BCUT2D eigenvalue weighted by molar-refractivity contribution is 0.229. The summed E-state index contributed by atoms with van der Waals surface area (Å²) in [7, 11) is 0. The average molecular weight is 262 g/mol. The number of imidazole rings is 1. The summed E-state index contributed by atoms with van der Waals surface area (Å²) in [5, 5.41) is 5.60. The second kappa shape index (κ2) is 4.05. The van der Waals surface area contributed by atoms with E-state index in [1.54, 1.807) is 11.3 Å². The molecule has 0 amide bonds. The summed E-state index contributed by atoms with van der Waals surface area (Å²) in [4.78, 5) is 8.40. The van der Waals surface area contributed by atoms with Crippen molar-refractivity contribution in [1.82, 2.24) is 19.6 Å². The number of fused-ring (bicyclic) bond motifs is 2. The molecule has 0 saturated carbocycles. The van der Waals surface area contributed by atoms with Gasteiger partial charge in [0.1, 0.15) is 0 Å². The van der Waals surface area contributed by atoms with Crippen LogP contribution in [-0.4, -0.2) is 40.0 Å². The molecule has 18 heavy (non-hydrogen) atoms.